The maximum atomic E-state index is 12.3. The number of aromatic nitrogens is 2. The van der Waals surface area contributed by atoms with E-state index in [4.69, 9.17) is 9.57 Å². The highest BCUT2D eigenvalue weighted by Crippen LogP contribution is 2.29. The first-order valence-corrected chi connectivity index (χ1v) is 10.3. The van der Waals surface area contributed by atoms with E-state index in [0.717, 1.165) is 25.9 Å². The number of hydrogen-bond donors (Lipinski definition) is 1. The number of hydrogen-bond acceptors (Lipinski definition) is 10. The van der Waals surface area contributed by atoms with Gasteiger partial charge in [0.2, 0.25) is 12.1 Å². The van der Waals surface area contributed by atoms with Gasteiger partial charge in [-0.05, 0) is 12.1 Å². The minimum atomic E-state index is -0.648. The molecule has 140 valence electrons. The van der Waals surface area contributed by atoms with E-state index in [1.165, 1.54) is 18.9 Å². The Kier molecular flexibility index (Phi) is 6.74. The fourth-order valence-corrected chi connectivity index (χ4v) is 4.63. The van der Waals surface area contributed by atoms with Gasteiger partial charge in [-0.25, -0.2) is 14.8 Å². The van der Waals surface area contributed by atoms with Crippen LogP contribution in [-0.2, 0) is 19.2 Å². The van der Waals surface area contributed by atoms with Gasteiger partial charge in [0.1, 0.15) is 19.4 Å². The van der Waals surface area contributed by atoms with E-state index < -0.39 is 5.97 Å². The molecule has 8 nitrogen and oxygen atoms in total. The fraction of sp³-hybridized carbons (Fsp3) is 0.188. The normalized spacial score (nSPS) is 11.4. The Labute approximate surface area is 166 Å². The van der Waals surface area contributed by atoms with Crippen molar-refractivity contribution in [2.75, 3.05) is 24.8 Å². The van der Waals surface area contributed by atoms with Gasteiger partial charge in [0.25, 0.3) is 0 Å². The topological polar surface area (TPSA) is 103 Å². The highest BCUT2D eigenvalue weighted by Gasteiger charge is 2.20. The van der Waals surface area contributed by atoms with Gasteiger partial charge < -0.3 is 14.9 Å². The van der Waals surface area contributed by atoms with E-state index in [9.17, 15) is 9.59 Å². The van der Waals surface area contributed by atoms with Crippen LogP contribution < -0.4 is 5.32 Å². The van der Waals surface area contributed by atoms with Crippen molar-refractivity contribution in [3.8, 4) is 0 Å². The van der Waals surface area contributed by atoms with Gasteiger partial charge in [0.05, 0.1) is 10.2 Å². The predicted octanol–water partition coefficient (Wildman–Crippen LogP) is 3.01. The molecule has 0 aliphatic carbocycles. The Balaban J connectivity index is 1.54. The summed E-state index contributed by atoms with van der Waals surface area (Å²) in [5.74, 6) is -0.0920. The summed E-state index contributed by atoms with van der Waals surface area (Å²) in [6.45, 7) is 0.186. The molecule has 0 radical (unpaired) electrons. The maximum absolute atomic E-state index is 12.3. The Morgan fingerprint density at radius 3 is 3.00 bits per heavy atom. The number of thiazole rings is 2. The summed E-state index contributed by atoms with van der Waals surface area (Å²) in [6.07, 6.45) is 0.507. The molecule has 0 saturated carbocycles. The first-order valence-electron chi connectivity index (χ1n) is 7.64. The summed E-state index contributed by atoms with van der Waals surface area (Å²) in [5.41, 5.74) is 1.17. The number of nitrogens with zero attached hydrogens (tertiary/aromatic N) is 3. The number of thioether (sulfide) groups is 1. The molecule has 1 amide bonds. The third kappa shape index (κ3) is 5.02. The molecule has 0 aliphatic heterocycles. The van der Waals surface area contributed by atoms with E-state index in [0.29, 0.717) is 17.3 Å². The second-order valence-electron chi connectivity index (χ2n) is 4.85. The molecule has 0 atom stereocenters. The zero-order valence-electron chi connectivity index (χ0n) is 14.1. The second kappa shape index (κ2) is 9.44. The van der Waals surface area contributed by atoms with E-state index in [2.05, 4.69) is 20.4 Å². The summed E-state index contributed by atoms with van der Waals surface area (Å²) in [7, 11) is 1.33. The van der Waals surface area contributed by atoms with Crippen molar-refractivity contribution in [3.63, 3.8) is 0 Å². The number of benzene rings is 1. The van der Waals surface area contributed by atoms with Crippen LogP contribution in [0.4, 0.5) is 5.13 Å². The van der Waals surface area contributed by atoms with Crippen LogP contribution in [0.1, 0.15) is 5.69 Å². The van der Waals surface area contributed by atoms with Crippen LogP contribution in [0.3, 0.4) is 0 Å². The molecule has 0 saturated heterocycles. The first-order chi connectivity index (χ1) is 13.2. The van der Waals surface area contributed by atoms with Crippen molar-refractivity contribution >= 4 is 67.9 Å². The van der Waals surface area contributed by atoms with Gasteiger partial charge in [0.15, 0.2) is 9.47 Å². The number of rotatable bonds is 9. The first kappa shape index (κ1) is 19.3. The van der Waals surface area contributed by atoms with E-state index >= 15 is 0 Å². The molecule has 0 spiro atoms. The lowest BCUT2D eigenvalue weighted by Gasteiger charge is -2.04. The number of carbonyl (C=O) groups excluding carboxylic acids is 2. The molecule has 0 fully saturated rings. The molecule has 1 N–H and O–H groups in total. The average Bonchev–Trinajstić information content (AvgIpc) is 3.30. The van der Waals surface area contributed by atoms with Crippen LogP contribution in [0.2, 0.25) is 0 Å². The standard InChI is InChI=1S/C16H14N4O4S3/c1-23-20-13(11-8-26-15(18-11)17-9-21)14(22)24-6-7-25-16-19-10-4-2-3-5-12(10)27-16/h2-5,8-9H,6-7H2,1H3,(H,17,18,21). The number of esters is 1. The van der Waals surface area contributed by atoms with Crippen molar-refractivity contribution in [2.24, 2.45) is 5.16 Å². The van der Waals surface area contributed by atoms with E-state index in [1.807, 2.05) is 24.3 Å². The summed E-state index contributed by atoms with van der Waals surface area (Å²) < 4.78 is 7.30. The maximum Gasteiger partial charge on any atom is 0.362 e. The average molecular weight is 423 g/mol. The van der Waals surface area contributed by atoms with E-state index in [1.54, 1.807) is 16.7 Å². The van der Waals surface area contributed by atoms with E-state index in [-0.39, 0.29) is 18.0 Å². The van der Waals surface area contributed by atoms with Crippen LogP contribution in [-0.4, -0.2) is 47.5 Å². The summed E-state index contributed by atoms with van der Waals surface area (Å²) in [4.78, 5) is 36.0. The lowest BCUT2D eigenvalue weighted by molar-refractivity contribution is -0.135. The minimum absolute atomic E-state index is 0.0577. The van der Waals surface area contributed by atoms with Gasteiger partial charge in [-0.1, -0.05) is 29.1 Å². The molecule has 2 heterocycles. The van der Waals surface area contributed by atoms with Crippen LogP contribution in [0.25, 0.3) is 10.2 Å². The number of para-hydroxylation sites is 1. The smallest absolute Gasteiger partial charge is 0.362 e. The van der Waals surface area contributed by atoms with Crippen LogP contribution in [0.5, 0.6) is 0 Å². The summed E-state index contributed by atoms with van der Waals surface area (Å²) in [5, 5.41) is 8.04. The zero-order valence-corrected chi connectivity index (χ0v) is 16.5. The Morgan fingerprint density at radius 1 is 1.37 bits per heavy atom. The molecule has 0 aliphatic rings. The van der Waals surface area contributed by atoms with Gasteiger partial charge in [-0.3, -0.25) is 4.79 Å². The molecule has 11 heteroatoms. The summed E-state index contributed by atoms with van der Waals surface area (Å²) in [6, 6.07) is 7.91. The quantitative estimate of drug-likeness (QED) is 0.141. The number of nitrogens with one attached hydrogen (secondary N) is 1. The zero-order chi connectivity index (χ0) is 19.1. The molecule has 27 heavy (non-hydrogen) atoms. The lowest BCUT2D eigenvalue weighted by atomic mass is 10.3. The number of ether oxygens (including phenoxy) is 1. The molecule has 1 aromatic carbocycles. The van der Waals surface area contributed by atoms with Crippen molar-refractivity contribution in [1.82, 2.24) is 9.97 Å². The number of anilines is 1. The SMILES string of the molecule is CON=C(C(=O)OCCSc1nc2ccccc2s1)c1csc(NC=O)n1. The minimum Gasteiger partial charge on any atom is -0.460 e. The lowest BCUT2D eigenvalue weighted by Crippen LogP contribution is -2.21. The largest absolute Gasteiger partial charge is 0.460 e. The van der Waals surface area contributed by atoms with Crippen molar-refractivity contribution in [3.05, 3.63) is 35.3 Å². The molecule has 3 rings (SSSR count). The second-order valence-corrected chi connectivity index (χ2v) is 8.09. The Hall–Kier alpha value is -2.50. The van der Waals surface area contributed by atoms with Crippen molar-refractivity contribution < 1.29 is 19.2 Å². The number of amides is 1. The number of fused-ring (bicyclic) bond motifs is 1. The van der Waals surface area contributed by atoms with Gasteiger partial charge in [-0.15, -0.1) is 22.7 Å². The third-order valence-corrected chi connectivity index (χ3v) is 6.04. The highest BCUT2D eigenvalue weighted by atomic mass is 32.2. The van der Waals surface area contributed by atoms with Crippen molar-refractivity contribution in [1.29, 1.82) is 0 Å². The molecule has 0 bridgehead atoms. The molecule has 3 aromatic rings. The highest BCUT2D eigenvalue weighted by molar-refractivity contribution is 8.01. The third-order valence-electron chi connectivity index (χ3n) is 3.12. The van der Waals surface area contributed by atoms with Gasteiger partial charge in [0, 0.05) is 11.1 Å². The van der Waals surface area contributed by atoms with Crippen LogP contribution in [0.15, 0.2) is 39.1 Å². The molecular weight excluding hydrogens is 408 g/mol. The van der Waals surface area contributed by atoms with Crippen molar-refractivity contribution in [2.45, 2.75) is 4.34 Å². The molecule has 2 aromatic heterocycles. The van der Waals surface area contributed by atoms with Gasteiger partial charge >= 0.3 is 5.97 Å². The van der Waals surface area contributed by atoms with Crippen LogP contribution in [0, 0.1) is 0 Å². The molecular formula is C16H14N4O4S3. The fourth-order valence-electron chi connectivity index (χ4n) is 2.02. The monoisotopic (exact) mass is 422 g/mol. The van der Waals surface area contributed by atoms with Gasteiger partial charge in [-0.2, -0.15) is 0 Å². The number of carbonyl (C=O) groups is 2. The molecule has 0 unspecified atom stereocenters. The summed E-state index contributed by atoms with van der Waals surface area (Å²) >= 11 is 4.28. The van der Waals surface area contributed by atoms with Crippen LogP contribution >= 0.6 is 34.4 Å². The number of oxime groups is 1. The Morgan fingerprint density at radius 2 is 2.22 bits per heavy atom. The predicted molar refractivity (Wildman–Crippen MR) is 107 cm³/mol. The Bertz CT molecular complexity index is 936.